The van der Waals surface area contributed by atoms with E-state index in [-0.39, 0.29) is 0 Å². The second kappa shape index (κ2) is 3.92. The highest BCUT2D eigenvalue weighted by molar-refractivity contribution is 7.11. The Balaban J connectivity index is 1.94. The highest BCUT2D eigenvalue weighted by Crippen LogP contribution is 2.16. The van der Waals surface area contributed by atoms with E-state index in [0.717, 1.165) is 18.5 Å². The third-order valence-electron chi connectivity index (χ3n) is 2.07. The zero-order chi connectivity index (χ0) is 9.97. The molecule has 0 aliphatic rings. The average molecular weight is 207 g/mol. The summed E-state index contributed by atoms with van der Waals surface area (Å²) in [6.45, 7) is 2.14. The Bertz CT molecular complexity index is 376. The summed E-state index contributed by atoms with van der Waals surface area (Å²) in [5.41, 5.74) is 1.07. The van der Waals surface area contributed by atoms with Gasteiger partial charge in [-0.2, -0.15) is 0 Å². The molecular formula is C10H13N3S. The lowest BCUT2D eigenvalue weighted by Gasteiger charge is -1.92. The fourth-order valence-electron chi connectivity index (χ4n) is 1.38. The van der Waals surface area contributed by atoms with Crippen LogP contribution in [0.3, 0.4) is 0 Å². The summed E-state index contributed by atoms with van der Waals surface area (Å²) in [6.07, 6.45) is 4.02. The first-order valence-electron chi connectivity index (χ1n) is 4.64. The quantitative estimate of drug-likeness (QED) is 0.770. The van der Waals surface area contributed by atoms with Crippen LogP contribution in [0, 0.1) is 6.92 Å². The molecule has 4 heteroatoms. The summed E-state index contributed by atoms with van der Waals surface area (Å²) in [5.74, 6) is 0. The van der Waals surface area contributed by atoms with Crippen molar-refractivity contribution in [3.8, 4) is 0 Å². The first-order valence-corrected chi connectivity index (χ1v) is 5.46. The van der Waals surface area contributed by atoms with Crippen LogP contribution in [-0.4, -0.2) is 15.0 Å². The molecule has 3 nitrogen and oxygen atoms in total. The molecule has 74 valence electrons. The van der Waals surface area contributed by atoms with Crippen LogP contribution in [0.1, 0.15) is 15.4 Å². The number of aryl methyl sites for hydroxylation is 4. The van der Waals surface area contributed by atoms with E-state index in [9.17, 15) is 0 Å². The minimum absolute atomic E-state index is 0.980. The van der Waals surface area contributed by atoms with Crippen molar-refractivity contribution in [2.24, 2.45) is 7.05 Å². The van der Waals surface area contributed by atoms with E-state index in [1.807, 2.05) is 24.6 Å². The van der Waals surface area contributed by atoms with E-state index in [0.29, 0.717) is 0 Å². The zero-order valence-corrected chi connectivity index (χ0v) is 9.21. The first kappa shape index (κ1) is 9.40. The molecule has 0 saturated heterocycles. The van der Waals surface area contributed by atoms with Crippen LogP contribution in [0.25, 0.3) is 0 Å². The third kappa shape index (κ3) is 2.20. The van der Waals surface area contributed by atoms with Crippen LogP contribution in [0.2, 0.25) is 0 Å². The standard InChI is InChI=1S/C10H13N3S/c1-8-3-5-10(14-8)6-4-9-7-13(2)12-11-9/h3,5,7H,4,6H2,1-2H3. The molecule has 0 bridgehead atoms. The predicted octanol–water partition coefficient (Wildman–Crippen LogP) is 1.97. The van der Waals surface area contributed by atoms with E-state index in [4.69, 9.17) is 0 Å². The summed E-state index contributed by atoms with van der Waals surface area (Å²) in [4.78, 5) is 2.80. The van der Waals surface area contributed by atoms with Gasteiger partial charge in [0.25, 0.3) is 0 Å². The molecule has 2 aromatic heterocycles. The van der Waals surface area contributed by atoms with E-state index < -0.39 is 0 Å². The maximum atomic E-state index is 4.06. The molecule has 0 N–H and O–H groups in total. The largest absolute Gasteiger partial charge is 0.255 e. The number of thiophene rings is 1. The zero-order valence-electron chi connectivity index (χ0n) is 8.40. The minimum Gasteiger partial charge on any atom is -0.255 e. The van der Waals surface area contributed by atoms with Gasteiger partial charge in [-0.1, -0.05) is 5.21 Å². The first-order chi connectivity index (χ1) is 6.74. The lowest BCUT2D eigenvalue weighted by molar-refractivity contribution is 0.713. The summed E-state index contributed by atoms with van der Waals surface area (Å²) in [6, 6.07) is 4.35. The van der Waals surface area contributed by atoms with Gasteiger partial charge in [0.15, 0.2) is 0 Å². The molecule has 0 spiro atoms. The SMILES string of the molecule is Cc1ccc(CCc2cn(C)nn2)s1. The normalized spacial score (nSPS) is 10.7. The number of hydrogen-bond donors (Lipinski definition) is 0. The van der Waals surface area contributed by atoms with Crippen LogP contribution in [0.15, 0.2) is 18.3 Å². The highest BCUT2D eigenvalue weighted by Gasteiger charge is 2.01. The molecule has 0 fully saturated rings. The Morgan fingerprint density at radius 2 is 2.21 bits per heavy atom. The van der Waals surface area contributed by atoms with Crippen molar-refractivity contribution in [1.29, 1.82) is 0 Å². The van der Waals surface area contributed by atoms with Crippen molar-refractivity contribution < 1.29 is 0 Å². The lowest BCUT2D eigenvalue weighted by Crippen LogP contribution is -1.88. The fraction of sp³-hybridized carbons (Fsp3) is 0.400. The van der Waals surface area contributed by atoms with Gasteiger partial charge in [0.1, 0.15) is 0 Å². The summed E-state index contributed by atoms with van der Waals surface area (Å²) >= 11 is 1.86. The fourth-order valence-corrected chi connectivity index (χ4v) is 2.27. The van der Waals surface area contributed by atoms with Crippen molar-refractivity contribution in [3.63, 3.8) is 0 Å². The van der Waals surface area contributed by atoms with Gasteiger partial charge in [-0.05, 0) is 31.9 Å². The second-order valence-electron chi connectivity index (χ2n) is 3.40. The molecule has 2 heterocycles. The minimum atomic E-state index is 0.980. The van der Waals surface area contributed by atoms with Crippen molar-refractivity contribution in [1.82, 2.24) is 15.0 Å². The Morgan fingerprint density at radius 1 is 1.36 bits per heavy atom. The molecule has 14 heavy (non-hydrogen) atoms. The molecular weight excluding hydrogens is 194 g/mol. The monoisotopic (exact) mass is 207 g/mol. The van der Waals surface area contributed by atoms with Gasteiger partial charge in [0.2, 0.25) is 0 Å². The lowest BCUT2D eigenvalue weighted by atomic mass is 10.2. The molecule has 0 saturated carbocycles. The molecule has 0 aromatic carbocycles. The topological polar surface area (TPSA) is 30.7 Å². The third-order valence-corrected chi connectivity index (χ3v) is 3.13. The van der Waals surface area contributed by atoms with Crippen LogP contribution in [-0.2, 0) is 19.9 Å². The molecule has 0 unspecified atom stereocenters. The van der Waals surface area contributed by atoms with Crippen LogP contribution in [0.5, 0.6) is 0 Å². The maximum absolute atomic E-state index is 4.06. The number of hydrogen-bond acceptors (Lipinski definition) is 3. The molecule has 0 amide bonds. The van der Waals surface area contributed by atoms with Crippen LogP contribution >= 0.6 is 11.3 Å². The number of rotatable bonds is 3. The smallest absolute Gasteiger partial charge is 0.0830 e. The van der Waals surface area contributed by atoms with Gasteiger partial charge >= 0.3 is 0 Å². The van der Waals surface area contributed by atoms with Gasteiger partial charge in [0.05, 0.1) is 5.69 Å². The predicted molar refractivity (Wildman–Crippen MR) is 57.5 cm³/mol. The molecule has 0 aliphatic carbocycles. The summed E-state index contributed by atoms with van der Waals surface area (Å²) in [5, 5.41) is 7.96. The average Bonchev–Trinajstić information content (AvgIpc) is 2.72. The second-order valence-corrected chi connectivity index (χ2v) is 4.77. The number of aromatic nitrogens is 3. The van der Waals surface area contributed by atoms with E-state index in [1.54, 1.807) is 4.68 Å². The molecule has 2 rings (SSSR count). The van der Waals surface area contributed by atoms with Crippen molar-refractivity contribution in [3.05, 3.63) is 33.8 Å². The Kier molecular flexibility index (Phi) is 2.63. The van der Waals surface area contributed by atoms with Crippen molar-refractivity contribution in [2.45, 2.75) is 19.8 Å². The molecule has 0 aliphatic heterocycles. The molecule has 0 radical (unpaired) electrons. The van der Waals surface area contributed by atoms with Gasteiger partial charge in [-0.3, -0.25) is 4.68 Å². The van der Waals surface area contributed by atoms with Gasteiger partial charge in [0, 0.05) is 23.0 Å². The summed E-state index contributed by atoms with van der Waals surface area (Å²) in [7, 11) is 1.89. The van der Waals surface area contributed by atoms with E-state index >= 15 is 0 Å². The molecule has 2 aromatic rings. The Morgan fingerprint density at radius 3 is 2.79 bits per heavy atom. The highest BCUT2D eigenvalue weighted by atomic mass is 32.1. The van der Waals surface area contributed by atoms with Crippen LogP contribution < -0.4 is 0 Å². The van der Waals surface area contributed by atoms with Crippen molar-refractivity contribution in [2.75, 3.05) is 0 Å². The Hall–Kier alpha value is -1.16. The van der Waals surface area contributed by atoms with Gasteiger partial charge < -0.3 is 0 Å². The Labute approximate surface area is 87.4 Å². The van der Waals surface area contributed by atoms with Gasteiger partial charge in [-0.25, -0.2) is 0 Å². The van der Waals surface area contributed by atoms with E-state index in [1.165, 1.54) is 9.75 Å². The summed E-state index contributed by atoms with van der Waals surface area (Å²) < 4.78 is 1.75. The van der Waals surface area contributed by atoms with E-state index in [2.05, 4.69) is 29.4 Å². The van der Waals surface area contributed by atoms with Crippen LogP contribution in [0.4, 0.5) is 0 Å². The number of nitrogens with zero attached hydrogens (tertiary/aromatic N) is 3. The van der Waals surface area contributed by atoms with Gasteiger partial charge in [-0.15, -0.1) is 16.4 Å². The maximum Gasteiger partial charge on any atom is 0.0830 e. The molecule has 0 atom stereocenters. The van der Waals surface area contributed by atoms with Crippen molar-refractivity contribution >= 4 is 11.3 Å².